The van der Waals surface area contributed by atoms with Gasteiger partial charge < -0.3 is 4.90 Å². The normalized spacial score (nSPS) is 12.6. The molecule has 1 aliphatic rings. The van der Waals surface area contributed by atoms with Crippen molar-refractivity contribution in [3.8, 4) is 55.6 Å². The minimum absolute atomic E-state index is 0.130. The van der Waals surface area contributed by atoms with Crippen LogP contribution < -0.4 is 4.90 Å². The first-order valence-corrected chi connectivity index (χ1v) is 18.1. The fraction of sp³-hybridized carbons (Fsp3) is 0.0588. The molecule has 0 radical (unpaired) electrons. The van der Waals surface area contributed by atoms with Crippen LogP contribution in [0.1, 0.15) is 25.0 Å². The Morgan fingerprint density at radius 1 is 0.327 bits per heavy atom. The van der Waals surface area contributed by atoms with Crippen molar-refractivity contribution in [3.05, 3.63) is 211 Å². The summed E-state index contributed by atoms with van der Waals surface area (Å²) >= 11 is 0. The van der Waals surface area contributed by atoms with E-state index < -0.39 is 0 Å². The lowest BCUT2D eigenvalue weighted by atomic mass is 9.82. The van der Waals surface area contributed by atoms with E-state index in [2.05, 4.69) is 219 Å². The Morgan fingerprint density at radius 3 is 1.42 bits per heavy atom. The van der Waals surface area contributed by atoms with Crippen molar-refractivity contribution in [1.82, 2.24) is 0 Å². The highest BCUT2D eigenvalue weighted by atomic mass is 15.1. The highest BCUT2D eigenvalue weighted by molar-refractivity contribution is 5.96. The van der Waals surface area contributed by atoms with E-state index in [0.717, 1.165) is 17.1 Å². The monoisotopic (exact) mass is 665 g/mol. The van der Waals surface area contributed by atoms with E-state index in [4.69, 9.17) is 0 Å². The van der Waals surface area contributed by atoms with Crippen LogP contribution in [0.4, 0.5) is 17.1 Å². The lowest BCUT2D eigenvalue weighted by molar-refractivity contribution is 0.660. The zero-order valence-electron chi connectivity index (χ0n) is 29.5. The van der Waals surface area contributed by atoms with Crippen molar-refractivity contribution in [2.45, 2.75) is 19.3 Å². The second kappa shape index (κ2) is 13.0. The molecule has 0 unspecified atom stereocenters. The maximum atomic E-state index is 2.47. The predicted molar refractivity (Wildman–Crippen MR) is 220 cm³/mol. The van der Waals surface area contributed by atoms with Crippen LogP contribution in [0.5, 0.6) is 0 Å². The van der Waals surface area contributed by atoms with Crippen molar-refractivity contribution in [3.63, 3.8) is 0 Å². The Morgan fingerprint density at radius 2 is 0.827 bits per heavy atom. The van der Waals surface area contributed by atoms with Gasteiger partial charge in [0.25, 0.3) is 0 Å². The van der Waals surface area contributed by atoms with E-state index in [-0.39, 0.29) is 5.41 Å². The summed E-state index contributed by atoms with van der Waals surface area (Å²) in [6, 6.07) is 72.9. The van der Waals surface area contributed by atoms with E-state index >= 15 is 0 Å². The van der Waals surface area contributed by atoms with Crippen molar-refractivity contribution >= 4 is 17.1 Å². The van der Waals surface area contributed by atoms with Crippen LogP contribution in [0.15, 0.2) is 200 Å². The largest absolute Gasteiger partial charge is 0.310 e. The highest BCUT2D eigenvalue weighted by Gasteiger charge is 2.37. The molecule has 1 heteroatoms. The van der Waals surface area contributed by atoms with E-state index in [1.807, 2.05) is 0 Å². The maximum absolute atomic E-state index is 2.47. The fourth-order valence-electron chi connectivity index (χ4n) is 8.08. The zero-order chi connectivity index (χ0) is 35.1. The molecule has 0 bridgehead atoms. The molecule has 9 rings (SSSR count). The summed E-state index contributed by atoms with van der Waals surface area (Å²) in [6.45, 7) is 4.73. The van der Waals surface area contributed by atoms with Crippen LogP contribution in [0.25, 0.3) is 55.6 Å². The van der Waals surface area contributed by atoms with Gasteiger partial charge in [0.15, 0.2) is 0 Å². The number of hydrogen-bond acceptors (Lipinski definition) is 1. The van der Waals surface area contributed by atoms with Crippen LogP contribution in [-0.4, -0.2) is 0 Å². The van der Waals surface area contributed by atoms with Gasteiger partial charge in [-0.05, 0) is 97.6 Å². The third-order valence-corrected chi connectivity index (χ3v) is 10.6. The number of benzene rings is 8. The molecule has 1 nitrogen and oxygen atoms in total. The molecule has 0 heterocycles. The van der Waals surface area contributed by atoms with Crippen LogP contribution in [0.2, 0.25) is 0 Å². The first kappa shape index (κ1) is 31.5. The minimum atomic E-state index is -0.130. The van der Waals surface area contributed by atoms with Gasteiger partial charge >= 0.3 is 0 Å². The average Bonchev–Trinajstić information content (AvgIpc) is 3.45. The molecule has 0 saturated heterocycles. The Bertz CT molecular complexity index is 2460. The maximum Gasteiger partial charge on any atom is 0.0540 e. The summed E-state index contributed by atoms with van der Waals surface area (Å²) in [5.41, 5.74) is 18.2. The molecule has 0 spiro atoms. The molecule has 1 aliphatic carbocycles. The molecule has 0 aliphatic heterocycles. The van der Waals surface area contributed by atoms with Crippen molar-refractivity contribution in [1.29, 1.82) is 0 Å². The average molecular weight is 666 g/mol. The van der Waals surface area contributed by atoms with E-state index in [0.29, 0.717) is 0 Å². The minimum Gasteiger partial charge on any atom is -0.310 e. The highest BCUT2D eigenvalue weighted by Crippen LogP contribution is 2.54. The topological polar surface area (TPSA) is 3.24 Å². The number of fused-ring (bicyclic) bond motifs is 3. The summed E-state index contributed by atoms with van der Waals surface area (Å²) in [6.07, 6.45) is 0. The summed E-state index contributed by atoms with van der Waals surface area (Å²) < 4.78 is 0. The van der Waals surface area contributed by atoms with Crippen LogP contribution >= 0.6 is 0 Å². The first-order valence-electron chi connectivity index (χ1n) is 18.1. The first-order chi connectivity index (χ1) is 25.6. The molecule has 0 atom stereocenters. The van der Waals surface area contributed by atoms with E-state index in [9.17, 15) is 0 Å². The Hall–Kier alpha value is -6.44. The Kier molecular flexibility index (Phi) is 7.90. The molecule has 0 aromatic heterocycles. The molecule has 0 amide bonds. The van der Waals surface area contributed by atoms with Gasteiger partial charge in [-0.3, -0.25) is 0 Å². The lowest BCUT2D eigenvalue weighted by Gasteiger charge is -2.30. The Labute approximate surface area is 307 Å². The second-order valence-electron chi connectivity index (χ2n) is 14.2. The molecule has 8 aromatic rings. The third-order valence-electron chi connectivity index (χ3n) is 10.6. The van der Waals surface area contributed by atoms with Gasteiger partial charge in [-0.2, -0.15) is 0 Å². The van der Waals surface area contributed by atoms with Gasteiger partial charge in [0.05, 0.1) is 5.69 Å². The molecule has 0 fully saturated rings. The number of nitrogens with zero attached hydrogens (tertiary/aromatic N) is 1. The third kappa shape index (κ3) is 5.52. The van der Waals surface area contributed by atoms with Gasteiger partial charge in [-0.1, -0.05) is 178 Å². The van der Waals surface area contributed by atoms with Crippen LogP contribution in [0.3, 0.4) is 0 Å². The van der Waals surface area contributed by atoms with Crippen molar-refractivity contribution < 1.29 is 0 Å². The van der Waals surface area contributed by atoms with Gasteiger partial charge in [0.2, 0.25) is 0 Å². The van der Waals surface area contributed by atoms with Gasteiger partial charge in [-0.25, -0.2) is 0 Å². The summed E-state index contributed by atoms with van der Waals surface area (Å²) in [4.78, 5) is 2.47. The number of anilines is 3. The van der Waals surface area contributed by atoms with Crippen molar-refractivity contribution in [2.24, 2.45) is 0 Å². The van der Waals surface area contributed by atoms with Gasteiger partial charge in [0, 0.05) is 22.4 Å². The quantitative estimate of drug-likeness (QED) is 0.164. The summed E-state index contributed by atoms with van der Waals surface area (Å²) in [5, 5.41) is 0. The fourth-order valence-corrected chi connectivity index (χ4v) is 8.08. The summed E-state index contributed by atoms with van der Waals surface area (Å²) in [7, 11) is 0. The smallest absolute Gasteiger partial charge is 0.0540 e. The van der Waals surface area contributed by atoms with Crippen LogP contribution in [-0.2, 0) is 5.41 Å². The second-order valence-corrected chi connectivity index (χ2v) is 14.2. The van der Waals surface area contributed by atoms with E-state index in [1.165, 1.54) is 66.8 Å². The summed E-state index contributed by atoms with van der Waals surface area (Å²) in [5.74, 6) is 0. The predicted octanol–water partition coefficient (Wildman–Crippen LogP) is 14.1. The molecule has 52 heavy (non-hydrogen) atoms. The molecule has 0 N–H and O–H groups in total. The number of hydrogen-bond donors (Lipinski definition) is 0. The molecule has 248 valence electrons. The molecule has 8 aromatic carbocycles. The van der Waals surface area contributed by atoms with E-state index in [1.54, 1.807) is 0 Å². The lowest BCUT2D eigenvalue weighted by Crippen LogP contribution is -2.15. The molecular formula is C51H39N. The Balaban J connectivity index is 1.33. The van der Waals surface area contributed by atoms with Gasteiger partial charge in [-0.15, -0.1) is 0 Å². The standard InChI is InChI=1S/C51H39N/c1-51(2)47-31-30-42(35-46(47)50-45(27-17-28-48(50)51)39-24-13-6-14-25-39)52(49-29-16-15-26-44(49)38-22-11-5-12-23-38)43-33-40(36-18-7-3-8-19-36)32-41(34-43)37-20-9-4-10-21-37/h3-35H,1-2H3. The number of rotatable bonds is 7. The zero-order valence-corrected chi connectivity index (χ0v) is 29.5. The molecular weight excluding hydrogens is 627 g/mol. The molecule has 0 saturated carbocycles. The van der Waals surface area contributed by atoms with Crippen molar-refractivity contribution in [2.75, 3.05) is 4.90 Å². The number of para-hydroxylation sites is 1. The van der Waals surface area contributed by atoms with Gasteiger partial charge in [0.1, 0.15) is 0 Å². The van der Waals surface area contributed by atoms with Crippen LogP contribution in [0, 0.1) is 0 Å². The SMILES string of the molecule is CC1(C)c2ccc(N(c3cc(-c4ccccc4)cc(-c4ccccc4)c3)c3ccccc3-c3ccccc3)cc2-c2c(-c3ccccc3)cccc21.